The van der Waals surface area contributed by atoms with Gasteiger partial charge in [0.25, 0.3) is 7.44 Å². The number of benzene rings is 2. The summed E-state index contributed by atoms with van der Waals surface area (Å²) in [5, 5.41) is 0. The van der Waals surface area contributed by atoms with Gasteiger partial charge in [0.1, 0.15) is 0 Å². The number of anilines is 2. The van der Waals surface area contributed by atoms with Crippen LogP contribution in [0.4, 0.5) is 11.4 Å². The molecule has 2 heterocycles. The van der Waals surface area contributed by atoms with Gasteiger partial charge < -0.3 is 9.34 Å². The van der Waals surface area contributed by atoms with Crippen LogP contribution < -0.4 is 9.34 Å². The maximum Gasteiger partial charge on any atom is 0.276 e. The highest BCUT2D eigenvalue weighted by atomic mass is 32.2. The van der Waals surface area contributed by atoms with E-state index in [0.717, 1.165) is 11.4 Å². The molecule has 4 rings (SSSR count). The Balaban J connectivity index is 1.66. The van der Waals surface area contributed by atoms with Crippen molar-refractivity contribution in [3.8, 4) is 0 Å². The number of para-hydroxylation sites is 2. The van der Waals surface area contributed by atoms with Crippen molar-refractivity contribution in [2.24, 2.45) is 0 Å². The van der Waals surface area contributed by atoms with E-state index in [0.29, 0.717) is 32.5 Å². The van der Waals surface area contributed by atoms with Crippen LogP contribution in [0.25, 0.3) is 0 Å². The van der Waals surface area contributed by atoms with Crippen molar-refractivity contribution < 1.29 is 13.0 Å². The Labute approximate surface area is 160 Å². The van der Waals surface area contributed by atoms with Crippen LogP contribution in [-0.4, -0.2) is 57.3 Å². The van der Waals surface area contributed by atoms with Crippen molar-refractivity contribution in [1.82, 2.24) is 4.90 Å². The number of nitrogens with zero attached hydrogens (tertiary/aromatic N) is 3. The van der Waals surface area contributed by atoms with Crippen LogP contribution in [0.5, 0.6) is 0 Å². The number of hydrogen-bond acceptors (Lipinski definition) is 4. The quantitative estimate of drug-likeness (QED) is 0.729. The largest absolute Gasteiger partial charge is 0.304 e. The van der Waals surface area contributed by atoms with Crippen molar-refractivity contribution in [3.63, 3.8) is 0 Å². The average Bonchev–Trinajstić information content (AvgIpc) is 3.02. The van der Waals surface area contributed by atoms with E-state index in [2.05, 4.69) is 0 Å². The second kappa shape index (κ2) is 7.30. The van der Waals surface area contributed by atoms with Gasteiger partial charge in [-0.25, -0.2) is 8.42 Å². The van der Waals surface area contributed by atoms with Gasteiger partial charge in [0, 0.05) is 37.6 Å². The van der Waals surface area contributed by atoms with Gasteiger partial charge in [0.05, 0.1) is 17.8 Å². The molecule has 2 aliphatic rings. The first-order valence-corrected chi connectivity index (χ1v) is 12.8. The monoisotopic (exact) mass is 405 g/mol. The Morgan fingerprint density at radius 2 is 1.19 bits per heavy atom. The molecule has 0 atom stereocenters. The highest BCUT2D eigenvalue weighted by molar-refractivity contribution is 7.91. The molecule has 27 heavy (non-hydrogen) atoms. The van der Waals surface area contributed by atoms with Crippen molar-refractivity contribution in [3.05, 3.63) is 60.7 Å². The highest BCUT2D eigenvalue weighted by Gasteiger charge is 2.45. The first-order chi connectivity index (χ1) is 13.0. The van der Waals surface area contributed by atoms with E-state index in [-0.39, 0.29) is 11.5 Å². The van der Waals surface area contributed by atoms with Crippen LogP contribution in [0.2, 0.25) is 0 Å². The zero-order chi connectivity index (χ0) is 18.9. The van der Waals surface area contributed by atoms with Gasteiger partial charge in [0.15, 0.2) is 9.84 Å². The van der Waals surface area contributed by atoms with Crippen molar-refractivity contribution in [2.45, 2.75) is 0 Å². The Bertz CT molecular complexity index is 872. The molecule has 2 saturated heterocycles. The number of rotatable bonds is 4. The molecule has 144 valence electrons. The van der Waals surface area contributed by atoms with Gasteiger partial charge in [-0.15, -0.1) is 0 Å². The van der Waals surface area contributed by atoms with Crippen molar-refractivity contribution in [2.75, 3.05) is 53.3 Å². The summed E-state index contributed by atoms with van der Waals surface area (Å²) in [6.45, 7) is 2.25. The standard InChI is InChI=1S/C19H24N3O3PS/c23-26(17-20-13-15-27(24,25)16-14-20)21(18-7-3-1-4-8-18)11-12-22(26)19-9-5-2-6-10-19/h1-10H,11-17H2. The summed E-state index contributed by atoms with van der Waals surface area (Å²) in [6.07, 6.45) is 0.367. The smallest absolute Gasteiger partial charge is 0.276 e. The molecule has 2 aromatic rings. The molecule has 0 spiro atoms. The predicted molar refractivity (Wildman–Crippen MR) is 110 cm³/mol. The molecule has 6 nitrogen and oxygen atoms in total. The summed E-state index contributed by atoms with van der Waals surface area (Å²) < 4.78 is 41.9. The molecule has 0 aliphatic carbocycles. The minimum absolute atomic E-state index is 0.143. The van der Waals surface area contributed by atoms with Crippen LogP contribution in [0.15, 0.2) is 60.7 Å². The van der Waals surface area contributed by atoms with Gasteiger partial charge in [-0.2, -0.15) is 0 Å². The normalized spacial score (nSPS) is 22.1. The van der Waals surface area contributed by atoms with Crippen LogP contribution in [0.1, 0.15) is 0 Å². The van der Waals surface area contributed by atoms with Gasteiger partial charge in [-0.1, -0.05) is 36.4 Å². The predicted octanol–water partition coefficient (Wildman–Crippen LogP) is 2.89. The summed E-state index contributed by atoms with van der Waals surface area (Å²) in [6, 6.07) is 19.7. The van der Waals surface area contributed by atoms with E-state index >= 15 is 0 Å². The Morgan fingerprint density at radius 1 is 0.741 bits per heavy atom. The topological polar surface area (TPSA) is 60.9 Å². The molecule has 8 heteroatoms. The van der Waals surface area contributed by atoms with Crippen LogP contribution in [0.3, 0.4) is 0 Å². The Morgan fingerprint density at radius 3 is 1.63 bits per heavy atom. The van der Waals surface area contributed by atoms with E-state index in [9.17, 15) is 13.0 Å². The van der Waals surface area contributed by atoms with Gasteiger partial charge in [0.2, 0.25) is 0 Å². The Hall–Kier alpha value is -1.82. The lowest BCUT2D eigenvalue weighted by atomic mass is 10.3. The van der Waals surface area contributed by atoms with E-state index in [1.54, 1.807) is 0 Å². The minimum atomic E-state index is -2.96. The molecule has 0 radical (unpaired) electrons. The second-order valence-corrected chi connectivity index (χ2v) is 11.9. The third kappa shape index (κ3) is 3.77. The number of sulfone groups is 1. The SMILES string of the molecule is O=P1(CN2CCS(=O)(=O)CC2)N(c2ccccc2)CCN1c1ccccc1. The molecule has 0 bridgehead atoms. The fraction of sp³-hybridized carbons (Fsp3) is 0.368. The van der Waals surface area contributed by atoms with E-state index in [4.69, 9.17) is 0 Å². The van der Waals surface area contributed by atoms with Crippen molar-refractivity contribution >= 4 is 28.7 Å². The summed E-state index contributed by atoms with van der Waals surface area (Å²) in [7, 11) is -5.91. The first kappa shape index (κ1) is 18.5. The van der Waals surface area contributed by atoms with E-state index < -0.39 is 17.3 Å². The average molecular weight is 405 g/mol. The summed E-state index contributed by atoms with van der Waals surface area (Å²) >= 11 is 0. The fourth-order valence-corrected chi connectivity index (χ4v) is 8.20. The first-order valence-electron chi connectivity index (χ1n) is 9.16. The highest BCUT2D eigenvalue weighted by Crippen LogP contribution is 2.60. The van der Waals surface area contributed by atoms with Gasteiger partial charge in [-0.3, -0.25) is 9.46 Å². The fourth-order valence-electron chi connectivity index (χ4n) is 3.76. The maximum atomic E-state index is 14.4. The summed E-state index contributed by atoms with van der Waals surface area (Å²) in [4.78, 5) is 2.04. The molecule has 2 aliphatic heterocycles. The minimum Gasteiger partial charge on any atom is -0.304 e. The summed E-state index contributed by atoms with van der Waals surface area (Å²) in [5.74, 6) is 0.285. The zero-order valence-electron chi connectivity index (χ0n) is 15.1. The third-order valence-electron chi connectivity index (χ3n) is 5.21. The molecular formula is C19H24N3O3PS. The lowest BCUT2D eigenvalue weighted by molar-refractivity contribution is 0.336. The maximum absolute atomic E-state index is 14.4. The van der Waals surface area contributed by atoms with E-state index in [1.807, 2.05) is 74.9 Å². The molecule has 2 aromatic carbocycles. The molecule has 0 aromatic heterocycles. The van der Waals surface area contributed by atoms with Gasteiger partial charge in [-0.05, 0) is 24.3 Å². The molecule has 0 N–H and O–H groups in total. The van der Waals surface area contributed by atoms with Crippen LogP contribution >= 0.6 is 7.44 Å². The van der Waals surface area contributed by atoms with E-state index in [1.165, 1.54) is 0 Å². The molecule has 0 amide bonds. The lowest BCUT2D eigenvalue weighted by Gasteiger charge is -2.37. The molecule has 0 saturated carbocycles. The van der Waals surface area contributed by atoms with Crippen LogP contribution in [0, 0.1) is 0 Å². The van der Waals surface area contributed by atoms with Crippen molar-refractivity contribution in [1.29, 1.82) is 0 Å². The summed E-state index contributed by atoms with van der Waals surface area (Å²) in [5.41, 5.74) is 1.90. The Kier molecular flexibility index (Phi) is 5.01. The zero-order valence-corrected chi connectivity index (χ0v) is 16.9. The second-order valence-electron chi connectivity index (χ2n) is 6.99. The molecule has 2 fully saturated rings. The van der Waals surface area contributed by atoms with Crippen LogP contribution in [-0.2, 0) is 14.4 Å². The van der Waals surface area contributed by atoms with Gasteiger partial charge >= 0.3 is 0 Å². The third-order valence-corrected chi connectivity index (χ3v) is 9.96. The lowest BCUT2D eigenvalue weighted by Crippen LogP contribution is -2.42. The number of hydrogen-bond donors (Lipinski definition) is 0. The molecule has 0 unspecified atom stereocenters. The molecular weight excluding hydrogens is 381 g/mol.